The minimum Gasteiger partial charge on any atom is -0.353 e. The zero-order valence-electron chi connectivity index (χ0n) is 18.5. The van der Waals surface area contributed by atoms with Crippen molar-refractivity contribution in [3.63, 3.8) is 0 Å². The van der Waals surface area contributed by atoms with Gasteiger partial charge in [-0.15, -0.1) is 0 Å². The first-order valence-corrected chi connectivity index (χ1v) is 11.0. The lowest BCUT2D eigenvalue weighted by Crippen LogP contribution is -2.41. The van der Waals surface area contributed by atoms with Crippen LogP contribution in [-0.4, -0.2) is 56.5 Å². The average molecular weight is 423 g/mol. The number of aryl methyl sites for hydroxylation is 2. The number of likely N-dealkylation sites (tertiary alicyclic amines) is 1. The third-order valence-corrected chi connectivity index (χ3v) is 6.06. The van der Waals surface area contributed by atoms with Gasteiger partial charge in [-0.25, -0.2) is 9.36 Å². The number of para-hydroxylation sites is 1. The van der Waals surface area contributed by atoms with E-state index in [1.54, 1.807) is 11.6 Å². The van der Waals surface area contributed by atoms with Gasteiger partial charge in [0.25, 0.3) is 5.56 Å². The molecule has 1 saturated heterocycles. The van der Waals surface area contributed by atoms with Crippen molar-refractivity contribution < 1.29 is 4.79 Å². The van der Waals surface area contributed by atoms with Gasteiger partial charge in [-0.05, 0) is 58.8 Å². The molecule has 4 rings (SSSR count). The molecule has 31 heavy (non-hydrogen) atoms. The molecule has 3 heterocycles. The van der Waals surface area contributed by atoms with Gasteiger partial charge in [0.05, 0.1) is 22.5 Å². The topological polar surface area (TPSA) is 85.0 Å². The Balaban J connectivity index is 1.57. The van der Waals surface area contributed by atoms with Gasteiger partial charge in [0, 0.05) is 13.1 Å². The molecule has 0 spiro atoms. The summed E-state index contributed by atoms with van der Waals surface area (Å²) in [6.45, 7) is 9.00. The summed E-state index contributed by atoms with van der Waals surface area (Å²) < 4.78 is 3.05. The highest BCUT2D eigenvalue weighted by Crippen LogP contribution is 2.20. The van der Waals surface area contributed by atoms with Crippen LogP contribution in [0.25, 0.3) is 16.6 Å². The van der Waals surface area contributed by atoms with E-state index >= 15 is 0 Å². The zero-order chi connectivity index (χ0) is 22.0. The highest BCUT2D eigenvalue weighted by molar-refractivity contribution is 5.84. The number of fused-ring (bicyclic) bond motifs is 1. The minimum absolute atomic E-state index is 0.196. The molecule has 8 heteroatoms. The average Bonchev–Trinajstić information content (AvgIpc) is 3.15. The molecule has 3 aromatic rings. The number of nitrogens with one attached hydrogen (secondary N) is 1. The fourth-order valence-corrected chi connectivity index (χ4v) is 4.24. The number of carbonyl (C=O) groups is 1. The molecule has 1 aliphatic heterocycles. The second-order valence-corrected chi connectivity index (χ2v) is 8.26. The number of hydrogen-bond donors (Lipinski definition) is 1. The van der Waals surface area contributed by atoms with E-state index in [1.807, 2.05) is 44.2 Å². The van der Waals surface area contributed by atoms with Gasteiger partial charge < -0.3 is 10.2 Å². The van der Waals surface area contributed by atoms with Crippen LogP contribution in [0, 0.1) is 13.8 Å². The van der Waals surface area contributed by atoms with Crippen LogP contribution in [0.5, 0.6) is 0 Å². The molecular weight excluding hydrogens is 392 g/mol. The van der Waals surface area contributed by atoms with Crippen LogP contribution < -0.4 is 10.9 Å². The van der Waals surface area contributed by atoms with Gasteiger partial charge in [0.2, 0.25) is 5.91 Å². The van der Waals surface area contributed by atoms with Crippen molar-refractivity contribution in [2.75, 3.05) is 26.2 Å². The van der Waals surface area contributed by atoms with E-state index in [4.69, 9.17) is 0 Å². The largest absolute Gasteiger partial charge is 0.353 e. The van der Waals surface area contributed by atoms with Gasteiger partial charge in [0.1, 0.15) is 11.6 Å². The molecule has 2 aromatic heterocycles. The van der Waals surface area contributed by atoms with E-state index in [9.17, 15) is 9.59 Å². The molecule has 1 N–H and O–H groups in total. The van der Waals surface area contributed by atoms with Crippen LogP contribution in [-0.2, 0) is 4.79 Å². The molecule has 8 nitrogen and oxygen atoms in total. The number of benzene rings is 1. The van der Waals surface area contributed by atoms with Crippen LogP contribution in [0.3, 0.4) is 0 Å². The maximum absolute atomic E-state index is 13.3. The number of nitrogens with zero attached hydrogens (tertiary/aromatic N) is 5. The Morgan fingerprint density at radius 3 is 2.52 bits per heavy atom. The van der Waals surface area contributed by atoms with E-state index in [0.717, 1.165) is 31.0 Å². The van der Waals surface area contributed by atoms with E-state index in [-0.39, 0.29) is 11.5 Å². The molecule has 0 radical (unpaired) electrons. The Morgan fingerprint density at radius 2 is 1.81 bits per heavy atom. The number of amides is 1. The monoisotopic (exact) mass is 422 g/mol. The van der Waals surface area contributed by atoms with E-state index in [0.29, 0.717) is 23.1 Å². The van der Waals surface area contributed by atoms with Gasteiger partial charge in [-0.3, -0.25) is 9.59 Å². The first-order valence-electron chi connectivity index (χ1n) is 11.0. The fourth-order valence-electron chi connectivity index (χ4n) is 4.24. The first kappa shape index (κ1) is 21.2. The lowest BCUT2D eigenvalue weighted by atomic mass is 10.1. The first-order chi connectivity index (χ1) is 15.0. The number of rotatable bonds is 6. The van der Waals surface area contributed by atoms with Crippen molar-refractivity contribution in [3.8, 4) is 5.69 Å². The number of aromatic nitrogens is 4. The second kappa shape index (κ2) is 9.01. The smallest absolute Gasteiger partial charge is 0.278 e. The molecule has 164 valence electrons. The van der Waals surface area contributed by atoms with Crippen LogP contribution >= 0.6 is 0 Å². The van der Waals surface area contributed by atoms with Crippen LogP contribution in [0.2, 0.25) is 0 Å². The van der Waals surface area contributed by atoms with Crippen molar-refractivity contribution in [1.29, 1.82) is 0 Å². The van der Waals surface area contributed by atoms with Crippen molar-refractivity contribution in [3.05, 3.63) is 52.1 Å². The molecule has 0 bridgehead atoms. The zero-order valence-corrected chi connectivity index (χ0v) is 18.5. The van der Waals surface area contributed by atoms with Crippen LogP contribution in [0.1, 0.15) is 43.6 Å². The molecule has 0 saturated carbocycles. The Morgan fingerprint density at radius 1 is 1.10 bits per heavy atom. The lowest BCUT2D eigenvalue weighted by molar-refractivity contribution is -0.124. The molecule has 1 amide bonds. The van der Waals surface area contributed by atoms with E-state index in [2.05, 4.69) is 20.4 Å². The Labute approximate surface area is 181 Å². The maximum Gasteiger partial charge on any atom is 0.278 e. The van der Waals surface area contributed by atoms with Gasteiger partial charge in [-0.1, -0.05) is 24.6 Å². The summed E-state index contributed by atoms with van der Waals surface area (Å²) in [5.74, 6) is -0.196. The Bertz CT molecular complexity index is 1130. The van der Waals surface area contributed by atoms with Crippen LogP contribution in [0.4, 0.5) is 0 Å². The summed E-state index contributed by atoms with van der Waals surface area (Å²) in [7, 11) is 0. The molecule has 1 unspecified atom stereocenters. The molecule has 1 atom stereocenters. The number of hydrogen-bond acceptors (Lipinski definition) is 5. The predicted molar refractivity (Wildman–Crippen MR) is 121 cm³/mol. The molecule has 0 aliphatic carbocycles. The number of carbonyl (C=O) groups excluding carboxylic acids is 1. The number of piperidine rings is 1. The molecule has 1 aromatic carbocycles. The van der Waals surface area contributed by atoms with E-state index in [1.165, 1.54) is 23.9 Å². The standard InChI is InChI=1S/C23H30N6O2/c1-16-21-20(17(2)28(26-21)19-10-6-4-7-11-19)23(31)29(25-16)18(3)22(30)24-12-15-27-13-8-5-9-14-27/h4,6-7,10-11,18H,5,8-9,12-15H2,1-3H3,(H,24,30). The molecule has 1 aliphatic rings. The normalized spacial score (nSPS) is 15.8. The van der Waals surface area contributed by atoms with Gasteiger partial charge in [-0.2, -0.15) is 10.2 Å². The second-order valence-electron chi connectivity index (χ2n) is 8.26. The Hall–Kier alpha value is -3.00. The summed E-state index contributed by atoms with van der Waals surface area (Å²) in [6.07, 6.45) is 3.73. The third-order valence-electron chi connectivity index (χ3n) is 6.06. The third kappa shape index (κ3) is 4.25. The SMILES string of the molecule is Cc1nn(C(C)C(=O)NCCN2CCCCC2)c(=O)c2c(C)n(-c3ccccc3)nc12. The summed E-state index contributed by atoms with van der Waals surface area (Å²) in [6, 6.07) is 8.99. The van der Waals surface area contributed by atoms with E-state index < -0.39 is 6.04 Å². The lowest BCUT2D eigenvalue weighted by Gasteiger charge is -2.26. The van der Waals surface area contributed by atoms with Gasteiger partial charge in [0.15, 0.2) is 0 Å². The van der Waals surface area contributed by atoms with Crippen molar-refractivity contribution >= 4 is 16.8 Å². The minimum atomic E-state index is -0.698. The van der Waals surface area contributed by atoms with Crippen molar-refractivity contribution in [2.45, 2.75) is 46.1 Å². The summed E-state index contributed by atoms with van der Waals surface area (Å²) in [4.78, 5) is 28.4. The maximum atomic E-state index is 13.3. The Kier molecular flexibility index (Phi) is 6.18. The quantitative estimate of drug-likeness (QED) is 0.659. The highest BCUT2D eigenvalue weighted by Gasteiger charge is 2.23. The molecular formula is C23H30N6O2. The highest BCUT2D eigenvalue weighted by atomic mass is 16.2. The van der Waals surface area contributed by atoms with Crippen LogP contribution in [0.15, 0.2) is 35.1 Å². The molecule has 1 fully saturated rings. The fraction of sp³-hybridized carbons (Fsp3) is 0.478. The van der Waals surface area contributed by atoms with Crippen molar-refractivity contribution in [1.82, 2.24) is 29.8 Å². The summed E-state index contributed by atoms with van der Waals surface area (Å²) in [5, 5.41) is 12.5. The predicted octanol–water partition coefficient (Wildman–Crippen LogP) is 2.36. The van der Waals surface area contributed by atoms with Crippen molar-refractivity contribution in [2.24, 2.45) is 0 Å². The van der Waals surface area contributed by atoms with Gasteiger partial charge >= 0.3 is 0 Å². The summed E-state index contributed by atoms with van der Waals surface area (Å²) >= 11 is 0. The summed E-state index contributed by atoms with van der Waals surface area (Å²) in [5.41, 5.74) is 2.52.